The Morgan fingerprint density at radius 2 is 2.44 bits per heavy atom. The van der Waals surface area contributed by atoms with E-state index in [1.165, 1.54) is 0 Å². The van der Waals surface area contributed by atoms with Crippen LogP contribution in [0.4, 0.5) is 0 Å². The van der Waals surface area contributed by atoms with Gasteiger partial charge in [0, 0.05) is 23.0 Å². The lowest BCUT2D eigenvalue weighted by atomic mass is 10.2. The molecular formula is C11H12N4OS2. The van der Waals surface area contributed by atoms with Crippen molar-refractivity contribution in [1.29, 1.82) is 0 Å². The monoisotopic (exact) mass is 280 g/mol. The molecule has 5 nitrogen and oxygen atoms in total. The van der Waals surface area contributed by atoms with Crippen molar-refractivity contribution in [2.45, 2.75) is 17.0 Å². The van der Waals surface area contributed by atoms with E-state index in [0.717, 1.165) is 21.3 Å². The highest BCUT2D eigenvalue weighted by Crippen LogP contribution is 2.25. The van der Waals surface area contributed by atoms with E-state index in [9.17, 15) is 0 Å². The summed E-state index contributed by atoms with van der Waals surface area (Å²) in [5.74, 6) is 0.799. The highest BCUT2D eigenvalue weighted by atomic mass is 32.2. The molecule has 0 aromatic carbocycles. The number of nitrogens with two attached hydrogens (primary N) is 1. The van der Waals surface area contributed by atoms with Gasteiger partial charge in [-0.25, -0.2) is 4.98 Å². The van der Waals surface area contributed by atoms with Gasteiger partial charge in [0.25, 0.3) is 0 Å². The molecule has 18 heavy (non-hydrogen) atoms. The van der Waals surface area contributed by atoms with Crippen LogP contribution in [-0.4, -0.2) is 21.0 Å². The highest BCUT2D eigenvalue weighted by molar-refractivity contribution is 8.00. The zero-order valence-corrected chi connectivity index (χ0v) is 11.3. The van der Waals surface area contributed by atoms with Crippen LogP contribution in [0.2, 0.25) is 0 Å². The second kappa shape index (κ2) is 5.83. The van der Waals surface area contributed by atoms with E-state index in [4.69, 9.17) is 10.9 Å². The minimum Gasteiger partial charge on any atom is -0.409 e. The first-order chi connectivity index (χ1) is 8.69. The number of thiazole rings is 1. The van der Waals surface area contributed by atoms with Gasteiger partial charge in [-0.1, -0.05) is 16.9 Å². The van der Waals surface area contributed by atoms with Gasteiger partial charge in [0.1, 0.15) is 10.0 Å². The lowest BCUT2D eigenvalue weighted by Gasteiger charge is -2.02. The number of pyridine rings is 1. The molecule has 2 rings (SSSR count). The van der Waals surface area contributed by atoms with Crippen molar-refractivity contribution in [3.05, 3.63) is 40.7 Å². The maximum Gasteiger partial charge on any atom is 0.188 e. The summed E-state index contributed by atoms with van der Waals surface area (Å²) in [7, 11) is 0. The lowest BCUT2D eigenvalue weighted by Crippen LogP contribution is -2.15. The molecule has 0 fully saturated rings. The van der Waals surface area contributed by atoms with Crippen molar-refractivity contribution in [3.8, 4) is 0 Å². The van der Waals surface area contributed by atoms with Crippen LogP contribution in [0, 0.1) is 6.92 Å². The summed E-state index contributed by atoms with van der Waals surface area (Å²) in [6.45, 7) is 1.98. The van der Waals surface area contributed by atoms with E-state index in [1.807, 2.05) is 24.4 Å². The van der Waals surface area contributed by atoms with Gasteiger partial charge in [0.15, 0.2) is 5.84 Å². The Morgan fingerprint density at radius 3 is 3.11 bits per heavy atom. The Morgan fingerprint density at radius 1 is 1.61 bits per heavy atom. The van der Waals surface area contributed by atoms with Crippen LogP contribution in [0.5, 0.6) is 0 Å². The molecule has 0 aliphatic carbocycles. The van der Waals surface area contributed by atoms with Gasteiger partial charge in [0.05, 0.1) is 0 Å². The Bertz CT molecular complexity index is 568. The second-order valence-corrected chi connectivity index (χ2v) is 5.66. The van der Waals surface area contributed by atoms with Gasteiger partial charge in [-0.15, -0.1) is 11.3 Å². The summed E-state index contributed by atoms with van der Waals surface area (Å²) < 4.78 is 1.04. The summed E-state index contributed by atoms with van der Waals surface area (Å²) in [5, 5.41) is 13.6. The minimum absolute atomic E-state index is 0.0203. The predicted octanol–water partition coefficient (Wildman–Crippen LogP) is 2.23. The van der Waals surface area contributed by atoms with Crippen LogP contribution in [0.3, 0.4) is 0 Å². The standard InChI is InChI=1S/C11H12N4OS2/c1-7-5-17-11(14-7)18-6-8-2-3-13-9(4-8)10(12)15-16/h2-5,16H,6H2,1H3,(H2,12,15). The van der Waals surface area contributed by atoms with Gasteiger partial charge >= 0.3 is 0 Å². The molecule has 2 aromatic heterocycles. The van der Waals surface area contributed by atoms with Crippen LogP contribution in [-0.2, 0) is 5.75 Å². The first kappa shape index (κ1) is 12.8. The molecule has 0 saturated heterocycles. The maximum atomic E-state index is 8.60. The Labute approximate surface area is 113 Å². The first-order valence-electron chi connectivity index (χ1n) is 5.17. The fourth-order valence-electron chi connectivity index (χ4n) is 1.30. The maximum absolute atomic E-state index is 8.60. The van der Waals surface area contributed by atoms with Crippen LogP contribution in [0.25, 0.3) is 0 Å². The van der Waals surface area contributed by atoms with Crippen LogP contribution in [0.15, 0.2) is 33.2 Å². The third kappa shape index (κ3) is 3.21. The van der Waals surface area contributed by atoms with Crippen molar-refractivity contribution in [2.24, 2.45) is 10.9 Å². The molecule has 94 valence electrons. The van der Waals surface area contributed by atoms with Crippen molar-refractivity contribution in [1.82, 2.24) is 9.97 Å². The molecule has 3 N–H and O–H groups in total. The van der Waals surface area contributed by atoms with Gasteiger partial charge in [-0.2, -0.15) is 0 Å². The molecule has 0 saturated carbocycles. The van der Waals surface area contributed by atoms with Crippen molar-refractivity contribution >= 4 is 28.9 Å². The molecular weight excluding hydrogens is 268 g/mol. The lowest BCUT2D eigenvalue weighted by molar-refractivity contribution is 0.318. The normalized spacial score (nSPS) is 11.7. The number of aryl methyl sites for hydroxylation is 1. The summed E-state index contributed by atoms with van der Waals surface area (Å²) in [4.78, 5) is 8.41. The van der Waals surface area contributed by atoms with Crippen LogP contribution >= 0.6 is 23.1 Å². The fraction of sp³-hybridized carbons (Fsp3) is 0.182. The molecule has 0 spiro atoms. The van der Waals surface area contributed by atoms with Crippen LogP contribution in [0.1, 0.15) is 17.0 Å². The van der Waals surface area contributed by atoms with E-state index in [2.05, 4.69) is 15.1 Å². The smallest absolute Gasteiger partial charge is 0.188 e. The van der Waals surface area contributed by atoms with Crippen molar-refractivity contribution in [2.75, 3.05) is 0 Å². The quantitative estimate of drug-likeness (QED) is 0.295. The van der Waals surface area contributed by atoms with Crippen molar-refractivity contribution in [3.63, 3.8) is 0 Å². The van der Waals surface area contributed by atoms with Crippen molar-refractivity contribution < 1.29 is 5.21 Å². The highest BCUT2D eigenvalue weighted by Gasteiger charge is 2.04. The van der Waals surface area contributed by atoms with Gasteiger partial charge < -0.3 is 10.9 Å². The Balaban J connectivity index is 2.05. The van der Waals surface area contributed by atoms with Gasteiger partial charge in [-0.05, 0) is 24.6 Å². The second-order valence-electron chi connectivity index (χ2n) is 3.58. The topological polar surface area (TPSA) is 84.4 Å². The molecule has 0 aliphatic heterocycles. The predicted molar refractivity (Wildman–Crippen MR) is 73.2 cm³/mol. The summed E-state index contributed by atoms with van der Waals surface area (Å²) in [6, 6.07) is 3.71. The number of thioether (sulfide) groups is 1. The van der Waals surface area contributed by atoms with Gasteiger partial charge in [-0.3, -0.25) is 4.98 Å². The number of hydrogen-bond donors (Lipinski definition) is 2. The number of aromatic nitrogens is 2. The molecule has 7 heteroatoms. The number of rotatable bonds is 4. The van der Waals surface area contributed by atoms with E-state index in [0.29, 0.717) is 5.69 Å². The zero-order valence-electron chi connectivity index (χ0n) is 9.70. The molecule has 0 atom stereocenters. The SMILES string of the molecule is Cc1csc(SCc2ccnc(C(N)=NO)c2)n1. The number of amidine groups is 1. The molecule has 0 bridgehead atoms. The minimum atomic E-state index is 0.0203. The molecule has 0 amide bonds. The summed E-state index contributed by atoms with van der Waals surface area (Å²) in [6.07, 6.45) is 1.65. The van der Waals surface area contributed by atoms with Gasteiger partial charge in [0.2, 0.25) is 0 Å². The molecule has 2 heterocycles. The first-order valence-corrected chi connectivity index (χ1v) is 7.03. The molecule has 0 aliphatic rings. The number of nitrogens with zero attached hydrogens (tertiary/aromatic N) is 3. The number of oxime groups is 1. The fourth-order valence-corrected chi connectivity index (χ4v) is 3.09. The number of hydrogen-bond acceptors (Lipinski definition) is 6. The van der Waals surface area contributed by atoms with Crippen LogP contribution < -0.4 is 5.73 Å². The van der Waals surface area contributed by atoms with E-state index in [-0.39, 0.29) is 5.84 Å². The van der Waals surface area contributed by atoms with E-state index >= 15 is 0 Å². The average molecular weight is 280 g/mol. The third-order valence-corrected chi connectivity index (χ3v) is 4.36. The molecule has 0 unspecified atom stereocenters. The average Bonchev–Trinajstić information content (AvgIpc) is 2.81. The molecule has 0 radical (unpaired) electrons. The largest absolute Gasteiger partial charge is 0.409 e. The molecule has 2 aromatic rings. The van der Waals surface area contributed by atoms with E-state index in [1.54, 1.807) is 29.3 Å². The Kier molecular flexibility index (Phi) is 4.16. The summed E-state index contributed by atoms with van der Waals surface area (Å²) in [5.41, 5.74) is 8.07. The van der Waals surface area contributed by atoms with E-state index < -0.39 is 0 Å². The zero-order chi connectivity index (χ0) is 13.0. The summed E-state index contributed by atoms with van der Waals surface area (Å²) >= 11 is 3.29. The third-order valence-electron chi connectivity index (χ3n) is 2.15. The Hall–Kier alpha value is -1.60.